The Morgan fingerprint density at radius 2 is 2.00 bits per heavy atom. The standard InChI is InChI=1S/C24H25ClN2/c1-4-18-6-5-7-22(24(18)20-12-16(2)13-21(25)14-20)19-8-9-23-17(3)10-11-26-27(23)15-19/h5,7-9,11-15,18H,4,6,10H2,1-3H3. The lowest BCUT2D eigenvalue weighted by atomic mass is 9.78. The first kappa shape index (κ1) is 18.1. The van der Waals surface area contributed by atoms with Gasteiger partial charge in [0.05, 0.1) is 5.70 Å². The Kier molecular flexibility index (Phi) is 4.92. The average Bonchev–Trinajstić information content (AvgIpc) is 2.66. The molecule has 1 aromatic carbocycles. The summed E-state index contributed by atoms with van der Waals surface area (Å²) in [6.07, 6.45) is 16.2. The van der Waals surface area contributed by atoms with Crippen LogP contribution in [0.1, 0.15) is 44.2 Å². The van der Waals surface area contributed by atoms with Crippen LogP contribution in [0.5, 0.6) is 0 Å². The van der Waals surface area contributed by atoms with Crippen LogP contribution in [0.3, 0.4) is 0 Å². The minimum absolute atomic E-state index is 0.501. The minimum atomic E-state index is 0.501. The highest BCUT2D eigenvalue weighted by Gasteiger charge is 2.24. The van der Waals surface area contributed by atoms with E-state index in [0.717, 1.165) is 24.3 Å². The Bertz CT molecular complexity index is 936. The van der Waals surface area contributed by atoms with Gasteiger partial charge in [-0.25, -0.2) is 5.01 Å². The molecule has 2 aliphatic heterocycles. The first-order valence-corrected chi connectivity index (χ1v) is 10.0. The Labute approximate surface area is 166 Å². The van der Waals surface area contributed by atoms with E-state index in [1.807, 2.05) is 17.3 Å². The van der Waals surface area contributed by atoms with Gasteiger partial charge < -0.3 is 0 Å². The molecule has 3 aliphatic rings. The SMILES string of the molecule is CCC1CC=CC(C2=CN3N=CCC(C)=C3C=C2)=C1c1cc(C)cc(Cl)c1. The van der Waals surface area contributed by atoms with Crippen LogP contribution >= 0.6 is 11.6 Å². The molecule has 27 heavy (non-hydrogen) atoms. The maximum Gasteiger partial charge on any atom is 0.0638 e. The Balaban J connectivity index is 1.86. The van der Waals surface area contributed by atoms with Gasteiger partial charge in [-0.05, 0) is 78.7 Å². The highest BCUT2D eigenvalue weighted by Crippen LogP contribution is 2.41. The number of allylic oxidation sites excluding steroid dienone is 8. The molecule has 1 aromatic rings. The van der Waals surface area contributed by atoms with Crippen LogP contribution in [0.2, 0.25) is 5.02 Å². The number of hydrazone groups is 1. The van der Waals surface area contributed by atoms with E-state index in [4.69, 9.17) is 11.6 Å². The average molecular weight is 377 g/mol. The zero-order valence-electron chi connectivity index (χ0n) is 16.2. The number of hydrogen-bond acceptors (Lipinski definition) is 2. The largest absolute Gasteiger partial charge is 0.241 e. The predicted molar refractivity (Wildman–Crippen MR) is 116 cm³/mol. The van der Waals surface area contributed by atoms with E-state index in [2.05, 4.69) is 68.5 Å². The number of benzene rings is 1. The first-order chi connectivity index (χ1) is 13.1. The third kappa shape index (κ3) is 3.46. The van der Waals surface area contributed by atoms with E-state index in [1.54, 1.807) is 0 Å². The molecule has 4 rings (SSSR count). The number of hydrogen-bond donors (Lipinski definition) is 0. The zero-order chi connectivity index (χ0) is 19.0. The lowest BCUT2D eigenvalue weighted by molar-refractivity contribution is 0.493. The Morgan fingerprint density at radius 3 is 2.78 bits per heavy atom. The molecule has 2 heterocycles. The van der Waals surface area contributed by atoms with Gasteiger partial charge in [0.2, 0.25) is 0 Å². The maximum absolute atomic E-state index is 6.40. The van der Waals surface area contributed by atoms with Crippen molar-refractivity contribution < 1.29 is 0 Å². The molecule has 1 unspecified atom stereocenters. The van der Waals surface area contributed by atoms with Crippen LogP contribution in [0.4, 0.5) is 0 Å². The monoisotopic (exact) mass is 376 g/mol. The normalized spacial score (nSPS) is 21.7. The number of nitrogens with zero attached hydrogens (tertiary/aromatic N) is 2. The summed E-state index contributed by atoms with van der Waals surface area (Å²) in [5.41, 5.74) is 8.85. The third-order valence-electron chi connectivity index (χ3n) is 5.53. The second-order valence-corrected chi connectivity index (χ2v) is 7.95. The summed E-state index contributed by atoms with van der Waals surface area (Å²) in [4.78, 5) is 0. The van der Waals surface area contributed by atoms with Gasteiger partial charge in [0, 0.05) is 29.4 Å². The quantitative estimate of drug-likeness (QED) is 0.565. The summed E-state index contributed by atoms with van der Waals surface area (Å²) in [6.45, 7) is 6.55. The van der Waals surface area contributed by atoms with Crippen LogP contribution in [-0.4, -0.2) is 11.2 Å². The molecule has 3 heteroatoms. The minimum Gasteiger partial charge on any atom is -0.241 e. The van der Waals surface area contributed by atoms with Gasteiger partial charge in [0.25, 0.3) is 0 Å². The van der Waals surface area contributed by atoms with Crippen molar-refractivity contribution in [3.05, 3.63) is 87.3 Å². The second kappa shape index (κ2) is 7.36. The van der Waals surface area contributed by atoms with Gasteiger partial charge in [-0.15, -0.1) is 0 Å². The van der Waals surface area contributed by atoms with E-state index in [9.17, 15) is 0 Å². The predicted octanol–water partition coefficient (Wildman–Crippen LogP) is 6.81. The van der Waals surface area contributed by atoms with Crippen LogP contribution in [0, 0.1) is 12.8 Å². The van der Waals surface area contributed by atoms with Crippen LogP contribution in [0.15, 0.2) is 76.2 Å². The van der Waals surface area contributed by atoms with E-state index >= 15 is 0 Å². The molecule has 1 aliphatic carbocycles. The van der Waals surface area contributed by atoms with Crippen molar-refractivity contribution in [2.24, 2.45) is 11.0 Å². The molecular weight excluding hydrogens is 352 g/mol. The molecule has 0 aromatic heterocycles. The van der Waals surface area contributed by atoms with Crippen molar-refractivity contribution in [1.29, 1.82) is 0 Å². The highest BCUT2D eigenvalue weighted by atomic mass is 35.5. The van der Waals surface area contributed by atoms with Crippen molar-refractivity contribution in [2.45, 2.75) is 40.0 Å². The molecule has 0 fully saturated rings. The summed E-state index contributed by atoms with van der Waals surface area (Å²) in [7, 11) is 0. The first-order valence-electron chi connectivity index (χ1n) is 9.66. The van der Waals surface area contributed by atoms with Gasteiger partial charge in [-0.2, -0.15) is 5.10 Å². The molecule has 2 nitrogen and oxygen atoms in total. The molecular formula is C24H25ClN2. The molecule has 0 N–H and O–H groups in total. The number of halogens is 1. The van der Waals surface area contributed by atoms with Gasteiger partial charge in [-0.3, -0.25) is 0 Å². The summed E-state index contributed by atoms with van der Waals surface area (Å²) in [6, 6.07) is 6.38. The van der Waals surface area contributed by atoms with Crippen LogP contribution in [-0.2, 0) is 0 Å². The second-order valence-electron chi connectivity index (χ2n) is 7.52. The third-order valence-corrected chi connectivity index (χ3v) is 5.75. The highest BCUT2D eigenvalue weighted by molar-refractivity contribution is 6.30. The van der Waals surface area contributed by atoms with Gasteiger partial charge in [-0.1, -0.05) is 42.8 Å². The van der Waals surface area contributed by atoms with Gasteiger partial charge in [0.15, 0.2) is 0 Å². The van der Waals surface area contributed by atoms with Gasteiger partial charge >= 0.3 is 0 Å². The van der Waals surface area contributed by atoms with Crippen molar-refractivity contribution in [2.75, 3.05) is 0 Å². The van der Waals surface area contributed by atoms with Crippen molar-refractivity contribution in [3.8, 4) is 0 Å². The molecule has 0 radical (unpaired) electrons. The summed E-state index contributed by atoms with van der Waals surface area (Å²) >= 11 is 6.40. The fourth-order valence-corrected chi connectivity index (χ4v) is 4.43. The number of rotatable bonds is 3. The van der Waals surface area contributed by atoms with E-state index < -0.39 is 0 Å². The topological polar surface area (TPSA) is 15.6 Å². The fraction of sp³-hybridized carbons (Fsp3) is 0.292. The fourth-order valence-electron chi connectivity index (χ4n) is 4.14. The van der Waals surface area contributed by atoms with Crippen molar-refractivity contribution >= 4 is 23.4 Å². The van der Waals surface area contributed by atoms with Crippen LogP contribution in [0.25, 0.3) is 5.57 Å². The molecule has 0 saturated carbocycles. The number of fused-ring (bicyclic) bond motifs is 1. The smallest absolute Gasteiger partial charge is 0.0638 e. The molecule has 0 spiro atoms. The summed E-state index contributed by atoms with van der Waals surface area (Å²) < 4.78 is 0. The Morgan fingerprint density at radius 1 is 1.15 bits per heavy atom. The van der Waals surface area contributed by atoms with Gasteiger partial charge in [0.1, 0.15) is 0 Å². The molecule has 0 bridgehead atoms. The lowest BCUT2D eigenvalue weighted by Gasteiger charge is -2.30. The zero-order valence-corrected chi connectivity index (χ0v) is 16.9. The van der Waals surface area contributed by atoms with Crippen molar-refractivity contribution in [1.82, 2.24) is 5.01 Å². The molecule has 1 atom stereocenters. The number of aryl methyl sites for hydroxylation is 1. The molecule has 0 saturated heterocycles. The van der Waals surface area contributed by atoms with E-state index in [0.29, 0.717) is 5.92 Å². The molecule has 0 amide bonds. The van der Waals surface area contributed by atoms with E-state index in [1.165, 1.54) is 39.1 Å². The van der Waals surface area contributed by atoms with E-state index in [-0.39, 0.29) is 0 Å². The Hall–Kier alpha value is -2.32. The lowest BCUT2D eigenvalue weighted by Crippen LogP contribution is -2.18. The van der Waals surface area contributed by atoms with Crippen LogP contribution < -0.4 is 0 Å². The molecule has 138 valence electrons. The van der Waals surface area contributed by atoms with Crippen molar-refractivity contribution in [3.63, 3.8) is 0 Å². The summed E-state index contributed by atoms with van der Waals surface area (Å²) in [5.74, 6) is 0.501. The summed E-state index contributed by atoms with van der Waals surface area (Å²) in [5, 5.41) is 7.37. The maximum atomic E-state index is 6.40.